The highest BCUT2D eigenvalue weighted by molar-refractivity contribution is 5.88. The second kappa shape index (κ2) is 7.02. The van der Waals surface area contributed by atoms with Crippen LogP contribution in [0.3, 0.4) is 0 Å². The monoisotopic (exact) mass is 290 g/mol. The van der Waals surface area contributed by atoms with Gasteiger partial charge in [0.25, 0.3) is 0 Å². The average Bonchev–Trinajstić information content (AvgIpc) is 2.37. The summed E-state index contributed by atoms with van der Waals surface area (Å²) in [6.07, 6.45) is 3.13. The maximum absolute atomic E-state index is 11.2. The van der Waals surface area contributed by atoms with Gasteiger partial charge in [-0.3, -0.25) is 14.4 Å². The number of carbonyl (C=O) groups is 3. The number of carbonyl (C=O) groups excluding carboxylic acids is 3. The van der Waals surface area contributed by atoms with Crippen LogP contribution >= 0.6 is 0 Å². The lowest BCUT2D eigenvalue weighted by Gasteiger charge is -2.19. The van der Waals surface area contributed by atoms with Gasteiger partial charge in [-0.05, 0) is 42.9 Å². The van der Waals surface area contributed by atoms with Crippen LogP contribution < -0.4 is 4.74 Å². The van der Waals surface area contributed by atoms with Gasteiger partial charge in [0, 0.05) is 19.8 Å². The topological polar surface area (TPSA) is 69.7 Å². The molecule has 5 nitrogen and oxygen atoms in total. The molecule has 0 radical (unpaired) electrons. The number of benzene rings is 1. The lowest BCUT2D eigenvalue weighted by atomic mass is 9.92. The molecule has 0 saturated carbocycles. The summed E-state index contributed by atoms with van der Waals surface area (Å²) in [6.45, 7) is 1.37. The third kappa shape index (κ3) is 5.02. The highest BCUT2D eigenvalue weighted by Gasteiger charge is 2.26. The molecule has 1 heterocycles. The molecule has 1 aliphatic heterocycles. The Morgan fingerprint density at radius 3 is 2.67 bits per heavy atom. The summed E-state index contributed by atoms with van der Waals surface area (Å²) in [5.41, 5.74) is 1.07. The summed E-state index contributed by atoms with van der Waals surface area (Å²) in [6, 6.07) is 7.38. The first-order chi connectivity index (χ1) is 10.0. The summed E-state index contributed by atoms with van der Waals surface area (Å²) < 4.78 is 9.54. The number of hydrogen-bond acceptors (Lipinski definition) is 5. The van der Waals surface area contributed by atoms with Gasteiger partial charge in [0.15, 0.2) is 0 Å². The van der Waals surface area contributed by atoms with Crippen molar-refractivity contribution >= 4 is 17.9 Å². The molecule has 1 saturated heterocycles. The molecule has 0 bridgehead atoms. The Labute approximate surface area is 123 Å². The van der Waals surface area contributed by atoms with Gasteiger partial charge in [-0.15, -0.1) is 0 Å². The van der Waals surface area contributed by atoms with Gasteiger partial charge in [-0.1, -0.05) is 12.1 Å². The Morgan fingerprint density at radius 1 is 1.29 bits per heavy atom. The highest BCUT2D eigenvalue weighted by Crippen LogP contribution is 2.23. The van der Waals surface area contributed by atoms with E-state index in [-0.39, 0.29) is 11.9 Å². The van der Waals surface area contributed by atoms with E-state index < -0.39 is 11.9 Å². The molecule has 0 unspecified atom stereocenters. The van der Waals surface area contributed by atoms with Crippen LogP contribution in [0.25, 0.3) is 0 Å². The van der Waals surface area contributed by atoms with Crippen molar-refractivity contribution in [2.24, 2.45) is 5.92 Å². The molecule has 0 aromatic heterocycles. The molecule has 0 atom stereocenters. The number of cyclic esters (lactones) is 2. The average molecular weight is 290 g/mol. The van der Waals surface area contributed by atoms with Gasteiger partial charge in [-0.25, -0.2) is 0 Å². The van der Waals surface area contributed by atoms with Crippen molar-refractivity contribution in [1.82, 2.24) is 0 Å². The predicted molar refractivity (Wildman–Crippen MR) is 74.5 cm³/mol. The first-order valence-corrected chi connectivity index (χ1v) is 7.04. The zero-order chi connectivity index (χ0) is 15.2. The molecule has 0 aliphatic carbocycles. The van der Waals surface area contributed by atoms with Crippen molar-refractivity contribution in [3.05, 3.63) is 29.8 Å². The van der Waals surface area contributed by atoms with Crippen LogP contribution in [0.1, 0.15) is 38.2 Å². The Bertz CT molecular complexity index is 533. The summed E-state index contributed by atoms with van der Waals surface area (Å²) in [7, 11) is 0. The van der Waals surface area contributed by atoms with Crippen LogP contribution in [0.4, 0.5) is 0 Å². The van der Waals surface area contributed by atoms with Crippen LogP contribution in [0.5, 0.6) is 5.75 Å². The van der Waals surface area contributed by atoms with Crippen LogP contribution in [0, 0.1) is 5.92 Å². The number of aryl methyl sites for hydroxylation is 1. The van der Waals surface area contributed by atoms with E-state index in [0.717, 1.165) is 24.8 Å². The van der Waals surface area contributed by atoms with E-state index in [2.05, 4.69) is 4.74 Å². The summed E-state index contributed by atoms with van der Waals surface area (Å²) >= 11 is 0. The molecule has 1 aromatic rings. The van der Waals surface area contributed by atoms with E-state index in [9.17, 15) is 14.4 Å². The minimum absolute atomic E-state index is 0.0791. The van der Waals surface area contributed by atoms with E-state index in [1.54, 1.807) is 6.07 Å². The molecule has 1 fully saturated rings. The summed E-state index contributed by atoms with van der Waals surface area (Å²) in [5, 5.41) is 0. The minimum atomic E-state index is -0.423. The maximum atomic E-state index is 11.2. The standard InChI is InChI=1S/C16H18O5/c1-11(17)20-14-7-3-5-12(8-14)4-2-6-13-9-15(18)21-16(19)10-13/h3,5,7-8,13H,2,4,6,9-10H2,1H3. The highest BCUT2D eigenvalue weighted by atomic mass is 16.6. The van der Waals surface area contributed by atoms with Gasteiger partial charge in [0.05, 0.1) is 0 Å². The normalized spacial score (nSPS) is 15.7. The van der Waals surface area contributed by atoms with Gasteiger partial charge < -0.3 is 9.47 Å². The second-order valence-corrected chi connectivity index (χ2v) is 5.25. The van der Waals surface area contributed by atoms with E-state index in [0.29, 0.717) is 18.6 Å². The van der Waals surface area contributed by atoms with Crippen molar-refractivity contribution in [3.8, 4) is 5.75 Å². The molecule has 21 heavy (non-hydrogen) atoms. The number of rotatable bonds is 5. The zero-order valence-electron chi connectivity index (χ0n) is 12.0. The van der Waals surface area contributed by atoms with Crippen molar-refractivity contribution in [2.75, 3.05) is 0 Å². The van der Waals surface area contributed by atoms with Crippen molar-refractivity contribution < 1.29 is 23.9 Å². The fraction of sp³-hybridized carbons (Fsp3) is 0.438. The first-order valence-electron chi connectivity index (χ1n) is 7.04. The Kier molecular flexibility index (Phi) is 5.09. The molecular formula is C16H18O5. The second-order valence-electron chi connectivity index (χ2n) is 5.25. The van der Waals surface area contributed by atoms with E-state index in [1.165, 1.54) is 6.92 Å². The fourth-order valence-electron chi connectivity index (χ4n) is 2.48. The van der Waals surface area contributed by atoms with Crippen LogP contribution in [-0.2, 0) is 25.5 Å². The molecule has 5 heteroatoms. The summed E-state index contributed by atoms with van der Waals surface area (Å²) in [5.74, 6) is -0.570. The van der Waals surface area contributed by atoms with Crippen molar-refractivity contribution in [2.45, 2.75) is 39.0 Å². The molecule has 1 aromatic carbocycles. The number of hydrogen-bond donors (Lipinski definition) is 0. The molecule has 112 valence electrons. The van der Waals surface area contributed by atoms with Gasteiger partial charge in [-0.2, -0.15) is 0 Å². The smallest absolute Gasteiger partial charge is 0.313 e. The number of ether oxygens (including phenoxy) is 2. The largest absolute Gasteiger partial charge is 0.427 e. The SMILES string of the molecule is CC(=O)Oc1cccc(CCCC2CC(=O)OC(=O)C2)c1. The van der Waals surface area contributed by atoms with Crippen molar-refractivity contribution in [3.63, 3.8) is 0 Å². The Morgan fingerprint density at radius 2 is 2.00 bits per heavy atom. The Hall–Kier alpha value is -2.17. The minimum Gasteiger partial charge on any atom is -0.427 e. The predicted octanol–water partition coefficient (Wildman–Crippen LogP) is 2.41. The lowest BCUT2D eigenvalue weighted by Crippen LogP contribution is -2.25. The molecule has 0 spiro atoms. The lowest BCUT2D eigenvalue weighted by molar-refractivity contribution is -0.165. The fourth-order valence-corrected chi connectivity index (χ4v) is 2.48. The first kappa shape index (κ1) is 15.2. The van der Waals surface area contributed by atoms with Crippen LogP contribution in [-0.4, -0.2) is 17.9 Å². The zero-order valence-corrected chi connectivity index (χ0v) is 12.0. The van der Waals surface area contributed by atoms with Crippen LogP contribution in [0.15, 0.2) is 24.3 Å². The number of esters is 3. The van der Waals surface area contributed by atoms with E-state index in [1.807, 2.05) is 18.2 Å². The summed E-state index contributed by atoms with van der Waals surface area (Å²) in [4.78, 5) is 33.3. The quantitative estimate of drug-likeness (QED) is 0.473. The molecular weight excluding hydrogens is 272 g/mol. The molecule has 0 N–H and O–H groups in total. The van der Waals surface area contributed by atoms with E-state index >= 15 is 0 Å². The van der Waals surface area contributed by atoms with Crippen LogP contribution in [0.2, 0.25) is 0 Å². The Balaban J connectivity index is 1.81. The van der Waals surface area contributed by atoms with Gasteiger partial charge in [0.1, 0.15) is 5.75 Å². The molecule has 1 aliphatic rings. The maximum Gasteiger partial charge on any atom is 0.313 e. The van der Waals surface area contributed by atoms with Crippen molar-refractivity contribution in [1.29, 1.82) is 0 Å². The molecule has 2 rings (SSSR count). The third-order valence-electron chi connectivity index (χ3n) is 3.38. The third-order valence-corrected chi connectivity index (χ3v) is 3.38. The van der Waals surface area contributed by atoms with Gasteiger partial charge in [0.2, 0.25) is 0 Å². The molecule has 0 amide bonds. The van der Waals surface area contributed by atoms with E-state index in [4.69, 9.17) is 4.74 Å². The van der Waals surface area contributed by atoms with Gasteiger partial charge >= 0.3 is 17.9 Å².